The average molecular weight is 313 g/mol. The van der Waals surface area contributed by atoms with Crippen molar-refractivity contribution >= 4 is 10.1 Å². The number of benzene rings is 1. The van der Waals surface area contributed by atoms with Crippen LogP contribution in [-0.4, -0.2) is 53.4 Å². The molecule has 0 amide bonds. The third-order valence-electron chi connectivity index (χ3n) is 3.61. The minimum atomic E-state index is -3.49. The van der Waals surface area contributed by atoms with Gasteiger partial charge in [0.15, 0.2) is 0 Å². The molecule has 0 radical (unpaired) electrons. The van der Waals surface area contributed by atoms with E-state index in [-0.39, 0.29) is 0 Å². The van der Waals surface area contributed by atoms with Gasteiger partial charge in [0.25, 0.3) is 0 Å². The molecule has 0 aliphatic carbocycles. The second-order valence-corrected chi connectivity index (χ2v) is 7.43. The smallest absolute Gasteiger partial charge is 0.306 e. The van der Waals surface area contributed by atoms with E-state index in [9.17, 15) is 8.42 Å². The summed E-state index contributed by atoms with van der Waals surface area (Å²) in [5, 5.41) is 0. The van der Waals surface area contributed by atoms with Crippen LogP contribution >= 0.6 is 0 Å². The molecule has 1 aliphatic rings. The van der Waals surface area contributed by atoms with Crippen molar-refractivity contribution in [3.63, 3.8) is 0 Å². The molecule has 118 valence electrons. The number of nitrogens with zero attached hydrogens (tertiary/aromatic N) is 1. The third-order valence-corrected chi connectivity index (χ3v) is 4.10. The fourth-order valence-corrected chi connectivity index (χ4v) is 3.31. The Labute approximate surface area is 127 Å². The minimum absolute atomic E-state index is 0.365. The molecule has 1 aliphatic heterocycles. The number of ether oxygens (including phenoxy) is 1. The van der Waals surface area contributed by atoms with Gasteiger partial charge in [-0.1, -0.05) is 12.1 Å². The van der Waals surface area contributed by atoms with Gasteiger partial charge in [-0.2, -0.15) is 8.42 Å². The molecule has 0 spiro atoms. The molecule has 0 saturated carbocycles. The van der Waals surface area contributed by atoms with Crippen molar-refractivity contribution in [1.82, 2.24) is 4.90 Å². The Hall–Kier alpha value is -1.11. The van der Waals surface area contributed by atoms with Crippen molar-refractivity contribution in [3.8, 4) is 5.75 Å². The van der Waals surface area contributed by atoms with E-state index in [1.165, 1.54) is 0 Å². The van der Waals surface area contributed by atoms with Crippen molar-refractivity contribution in [2.75, 3.05) is 40.1 Å². The Morgan fingerprint density at radius 2 is 2.14 bits per heavy atom. The Bertz CT molecular complexity index is 571. The summed E-state index contributed by atoms with van der Waals surface area (Å²) in [6.45, 7) is 2.42. The van der Waals surface area contributed by atoms with E-state index < -0.39 is 10.1 Å². The highest BCUT2D eigenvalue weighted by molar-refractivity contribution is 7.86. The molecule has 2 atom stereocenters. The Morgan fingerprint density at radius 1 is 1.38 bits per heavy atom. The quantitative estimate of drug-likeness (QED) is 0.775. The van der Waals surface area contributed by atoms with Gasteiger partial charge in [0.1, 0.15) is 5.75 Å². The first-order chi connectivity index (χ1) is 9.85. The summed E-state index contributed by atoms with van der Waals surface area (Å²) in [4.78, 5) is 2.16. The summed E-state index contributed by atoms with van der Waals surface area (Å²) in [5.74, 6) is 1.15. The van der Waals surface area contributed by atoms with E-state index >= 15 is 0 Å². The van der Waals surface area contributed by atoms with E-state index in [0.29, 0.717) is 17.6 Å². The average Bonchev–Trinajstić information content (AvgIpc) is 2.37. The lowest BCUT2D eigenvalue weighted by molar-refractivity contribution is 0.0302. The van der Waals surface area contributed by atoms with Gasteiger partial charge in [-0.05, 0) is 44.1 Å². The van der Waals surface area contributed by atoms with Crippen molar-refractivity contribution in [1.29, 1.82) is 0 Å². The first kappa shape index (κ1) is 16.3. The molecule has 1 saturated heterocycles. The maximum atomic E-state index is 11.2. The summed E-state index contributed by atoms with van der Waals surface area (Å²) in [5.41, 5.74) is 1.12. The second-order valence-electron chi connectivity index (χ2n) is 5.85. The lowest BCUT2D eigenvalue weighted by atomic mass is 9.82. The van der Waals surface area contributed by atoms with Crippen molar-refractivity contribution in [3.05, 3.63) is 29.8 Å². The minimum Gasteiger partial charge on any atom is -0.383 e. The van der Waals surface area contributed by atoms with Crippen LogP contribution in [0, 0.1) is 5.92 Å². The van der Waals surface area contributed by atoms with Crippen LogP contribution in [0.5, 0.6) is 5.75 Å². The number of rotatable bonds is 5. The second kappa shape index (κ2) is 6.77. The van der Waals surface area contributed by atoms with E-state index in [0.717, 1.165) is 38.0 Å². The van der Waals surface area contributed by atoms with Gasteiger partial charge in [-0.15, -0.1) is 0 Å². The van der Waals surface area contributed by atoms with Gasteiger partial charge in [0.2, 0.25) is 0 Å². The molecule has 2 rings (SSSR count). The molecule has 0 bridgehead atoms. The highest BCUT2D eigenvalue weighted by atomic mass is 32.2. The molecule has 6 heteroatoms. The zero-order chi connectivity index (χ0) is 15.5. The predicted octanol–water partition coefficient (Wildman–Crippen LogP) is 1.71. The van der Waals surface area contributed by atoms with Crippen LogP contribution in [0.25, 0.3) is 0 Å². The predicted molar refractivity (Wildman–Crippen MR) is 82.1 cm³/mol. The molecule has 0 aromatic heterocycles. The number of hydrogen-bond donors (Lipinski definition) is 0. The third kappa shape index (κ3) is 4.98. The van der Waals surface area contributed by atoms with Crippen LogP contribution < -0.4 is 4.18 Å². The SMILES string of the molecule is CN(C)C[C@H]1COCC[C@@H]1c1cccc(OS(C)(=O)=O)c1. The molecular formula is C15H23NO4S. The zero-order valence-corrected chi connectivity index (χ0v) is 13.6. The summed E-state index contributed by atoms with van der Waals surface area (Å²) in [6, 6.07) is 7.39. The first-order valence-electron chi connectivity index (χ1n) is 7.07. The van der Waals surface area contributed by atoms with Crippen molar-refractivity contribution in [2.24, 2.45) is 5.92 Å². The molecule has 1 aromatic carbocycles. The summed E-state index contributed by atoms with van der Waals surface area (Å²) in [6.07, 6.45) is 2.00. The maximum Gasteiger partial charge on any atom is 0.306 e. The van der Waals surface area contributed by atoms with E-state index in [1.54, 1.807) is 6.07 Å². The van der Waals surface area contributed by atoms with E-state index in [2.05, 4.69) is 19.0 Å². The lowest BCUT2D eigenvalue weighted by Crippen LogP contribution is -2.34. The topological polar surface area (TPSA) is 55.8 Å². The van der Waals surface area contributed by atoms with Gasteiger partial charge in [0.05, 0.1) is 12.9 Å². The summed E-state index contributed by atoms with van der Waals surface area (Å²) < 4.78 is 33.1. The molecule has 1 aromatic rings. The Morgan fingerprint density at radius 3 is 2.81 bits per heavy atom. The highest BCUT2D eigenvalue weighted by Gasteiger charge is 2.27. The Balaban J connectivity index is 2.20. The molecule has 0 N–H and O–H groups in total. The van der Waals surface area contributed by atoms with Crippen LogP contribution in [0.3, 0.4) is 0 Å². The standard InChI is InChI=1S/C15H23NO4S/c1-16(2)10-13-11-19-8-7-15(13)12-5-4-6-14(9-12)20-21(3,17)18/h4-6,9,13,15H,7-8,10-11H2,1-3H3/t13-,15+/m0/s1. The van der Waals surface area contributed by atoms with Gasteiger partial charge in [0, 0.05) is 19.1 Å². The normalized spacial score (nSPS) is 23.2. The monoisotopic (exact) mass is 313 g/mol. The lowest BCUT2D eigenvalue weighted by Gasteiger charge is -2.33. The van der Waals surface area contributed by atoms with Crippen LogP contribution in [-0.2, 0) is 14.9 Å². The zero-order valence-electron chi connectivity index (χ0n) is 12.8. The Kier molecular flexibility index (Phi) is 5.24. The summed E-state index contributed by atoms with van der Waals surface area (Å²) in [7, 11) is 0.611. The van der Waals surface area contributed by atoms with Crippen LogP contribution in [0.1, 0.15) is 17.9 Å². The van der Waals surface area contributed by atoms with Crippen LogP contribution in [0.2, 0.25) is 0 Å². The summed E-state index contributed by atoms with van der Waals surface area (Å²) >= 11 is 0. The van der Waals surface area contributed by atoms with Crippen molar-refractivity contribution < 1.29 is 17.3 Å². The molecular weight excluding hydrogens is 290 g/mol. The molecule has 1 heterocycles. The van der Waals surface area contributed by atoms with Gasteiger partial charge in [-0.3, -0.25) is 0 Å². The molecule has 5 nitrogen and oxygen atoms in total. The maximum absolute atomic E-state index is 11.2. The van der Waals surface area contributed by atoms with Gasteiger partial charge < -0.3 is 13.8 Å². The molecule has 0 unspecified atom stereocenters. The first-order valence-corrected chi connectivity index (χ1v) is 8.88. The highest BCUT2D eigenvalue weighted by Crippen LogP contribution is 2.34. The van der Waals surface area contributed by atoms with E-state index in [4.69, 9.17) is 8.92 Å². The molecule has 1 fully saturated rings. The van der Waals surface area contributed by atoms with Crippen LogP contribution in [0.15, 0.2) is 24.3 Å². The fraction of sp³-hybridized carbons (Fsp3) is 0.600. The van der Waals surface area contributed by atoms with E-state index in [1.807, 2.05) is 18.2 Å². The fourth-order valence-electron chi connectivity index (χ4n) is 2.86. The largest absolute Gasteiger partial charge is 0.383 e. The van der Waals surface area contributed by atoms with Gasteiger partial charge in [-0.25, -0.2) is 0 Å². The van der Waals surface area contributed by atoms with Crippen LogP contribution in [0.4, 0.5) is 0 Å². The molecule has 21 heavy (non-hydrogen) atoms. The van der Waals surface area contributed by atoms with Gasteiger partial charge >= 0.3 is 10.1 Å². The van der Waals surface area contributed by atoms with Crippen molar-refractivity contribution in [2.45, 2.75) is 12.3 Å². The number of hydrogen-bond acceptors (Lipinski definition) is 5.